The summed E-state index contributed by atoms with van der Waals surface area (Å²) in [5.41, 5.74) is 5.01. The van der Waals surface area contributed by atoms with Crippen LogP contribution in [0.3, 0.4) is 0 Å². The van der Waals surface area contributed by atoms with Crippen LogP contribution in [-0.2, 0) is 6.54 Å². The van der Waals surface area contributed by atoms with E-state index < -0.39 is 0 Å². The van der Waals surface area contributed by atoms with Gasteiger partial charge in [0.05, 0.1) is 23.6 Å². The van der Waals surface area contributed by atoms with Crippen molar-refractivity contribution in [3.63, 3.8) is 0 Å². The largest absolute Gasteiger partial charge is 0.338 e. The standard InChI is InChI=1S/C19H12BrFN4/c20-18-6-5-16-15(23-18)11-24-10-13(12-1-3-14(21)4-2-12)9-17(24)19-22-7-8-25(16)19/h1-10H,11H2. The number of hydrogen-bond donors (Lipinski definition) is 0. The quantitative estimate of drug-likeness (QED) is 0.387. The first-order chi connectivity index (χ1) is 12.2. The number of benzene rings is 1. The molecule has 0 atom stereocenters. The molecule has 5 rings (SSSR count). The molecule has 1 aliphatic heterocycles. The first-order valence-electron chi connectivity index (χ1n) is 7.85. The van der Waals surface area contributed by atoms with Crippen molar-refractivity contribution in [1.82, 2.24) is 19.1 Å². The zero-order chi connectivity index (χ0) is 17.0. The SMILES string of the molecule is Fc1ccc(-c2cc3n(c2)Cc2nc(Br)ccc2-n2ccnc2-3)cc1. The van der Waals surface area contributed by atoms with Crippen LogP contribution >= 0.6 is 15.9 Å². The second-order valence-electron chi connectivity index (χ2n) is 5.97. The topological polar surface area (TPSA) is 35.6 Å². The molecule has 25 heavy (non-hydrogen) atoms. The van der Waals surface area contributed by atoms with E-state index in [2.05, 4.69) is 47.3 Å². The molecule has 4 aromatic rings. The highest BCUT2D eigenvalue weighted by atomic mass is 79.9. The second kappa shape index (κ2) is 5.39. The lowest BCUT2D eigenvalue weighted by molar-refractivity contribution is 0.628. The monoisotopic (exact) mass is 394 g/mol. The number of rotatable bonds is 1. The van der Waals surface area contributed by atoms with E-state index in [9.17, 15) is 4.39 Å². The van der Waals surface area contributed by atoms with E-state index in [-0.39, 0.29) is 5.82 Å². The molecule has 6 heteroatoms. The van der Waals surface area contributed by atoms with Crippen molar-refractivity contribution in [2.75, 3.05) is 0 Å². The Bertz CT molecular complexity index is 1100. The molecule has 3 aromatic heterocycles. The molecule has 4 heterocycles. The van der Waals surface area contributed by atoms with Gasteiger partial charge < -0.3 is 4.57 Å². The Morgan fingerprint density at radius 3 is 2.72 bits per heavy atom. The maximum Gasteiger partial charge on any atom is 0.161 e. The zero-order valence-corrected chi connectivity index (χ0v) is 14.6. The summed E-state index contributed by atoms with van der Waals surface area (Å²) in [6, 6.07) is 12.6. The first-order valence-corrected chi connectivity index (χ1v) is 8.64. The highest BCUT2D eigenvalue weighted by Gasteiger charge is 2.22. The predicted molar refractivity (Wildman–Crippen MR) is 97.0 cm³/mol. The molecule has 0 saturated carbocycles. The highest BCUT2D eigenvalue weighted by Crippen LogP contribution is 2.33. The van der Waals surface area contributed by atoms with Crippen LogP contribution in [-0.4, -0.2) is 19.1 Å². The Morgan fingerprint density at radius 2 is 1.88 bits per heavy atom. The summed E-state index contributed by atoms with van der Waals surface area (Å²) in [4.78, 5) is 9.19. The summed E-state index contributed by atoms with van der Waals surface area (Å²) in [7, 11) is 0. The molecule has 0 saturated heterocycles. The summed E-state index contributed by atoms with van der Waals surface area (Å²) in [5, 5.41) is 0. The second-order valence-corrected chi connectivity index (χ2v) is 6.78. The van der Waals surface area contributed by atoms with Gasteiger partial charge in [0.25, 0.3) is 0 Å². The van der Waals surface area contributed by atoms with Crippen molar-refractivity contribution < 1.29 is 4.39 Å². The molecule has 0 spiro atoms. The number of halogens is 2. The van der Waals surface area contributed by atoms with Gasteiger partial charge >= 0.3 is 0 Å². The molecule has 0 fully saturated rings. The summed E-state index contributed by atoms with van der Waals surface area (Å²) in [6.07, 6.45) is 5.81. The molecule has 0 unspecified atom stereocenters. The van der Waals surface area contributed by atoms with E-state index in [1.54, 1.807) is 18.3 Å². The summed E-state index contributed by atoms with van der Waals surface area (Å²) >= 11 is 3.45. The number of fused-ring (bicyclic) bond motifs is 5. The Kier molecular flexibility index (Phi) is 3.15. The fourth-order valence-corrected chi connectivity index (χ4v) is 3.63. The molecule has 0 N–H and O–H groups in total. The van der Waals surface area contributed by atoms with E-state index in [1.165, 1.54) is 12.1 Å². The lowest BCUT2D eigenvalue weighted by Crippen LogP contribution is -2.02. The van der Waals surface area contributed by atoms with Gasteiger partial charge in [-0.15, -0.1) is 0 Å². The third kappa shape index (κ3) is 2.33. The Labute approximate surface area is 151 Å². The summed E-state index contributed by atoms with van der Waals surface area (Å²) in [6.45, 7) is 0.647. The Balaban J connectivity index is 1.71. The lowest BCUT2D eigenvalue weighted by Gasteiger charge is -2.08. The number of aromatic nitrogens is 4. The summed E-state index contributed by atoms with van der Waals surface area (Å²) in [5.74, 6) is 0.638. The molecule has 0 amide bonds. The molecule has 0 aliphatic carbocycles. The number of pyridine rings is 1. The van der Waals surface area contributed by atoms with Crippen LogP contribution < -0.4 is 0 Å². The normalized spacial score (nSPS) is 12.2. The van der Waals surface area contributed by atoms with Crippen LogP contribution in [0.1, 0.15) is 5.69 Å². The minimum Gasteiger partial charge on any atom is -0.338 e. The van der Waals surface area contributed by atoms with Crippen molar-refractivity contribution in [1.29, 1.82) is 0 Å². The van der Waals surface area contributed by atoms with Crippen molar-refractivity contribution in [3.05, 3.63) is 77.2 Å². The molecular formula is C19H12BrFN4. The van der Waals surface area contributed by atoms with E-state index >= 15 is 0 Å². The van der Waals surface area contributed by atoms with Crippen LogP contribution in [0.4, 0.5) is 4.39 Å². The smallest absolute Gasteiger partial charge is 0.161 e. The van der Waals surface area contributed by atoms with Gasteiger partial charge in [0.15, 0.2) is 5.82 Å². The van der Waals surface area contributed by atoms with Crippen molar-refractivity contribution in [3.8, 4) is 28.3 Å². The van der Waals surface area contributed by atoms with E-state index in [1.807, 2.05) is 18.3 Å². The van der Waals surface area contributed by atoms with Gasteiger partial charge in [-0.2, -0.15) is 0 Å². The van der Waals surface area contributed by atoms with Crippen LogP contribution in [0.2, 0.25) is 0 Å². The summed E-state index contributed by atoms with van der Waals surface area (Å²) < 4.78 is 18.2. The fourth-order valence-electron chi connectivity index (χ4n) is 3.28. The van der Waals surface area contributed by atoms with Crippen LogP contribution in [0.15, 0.2) is 65.7 Å². The van der Waals surface area contributed by atoms with Gasteiger partial charge in [-0.1, -0.05) is 12.1 Å². The zero-order valence-electron chi connectivity index (χ0n) is 13.0. The molecule has 0 radical (unpaired) electrons. The van der Waals surface area contributed by atoms with Crippen molar-refractivity contribution in [2.24, 2.45) is 0 Å². The van der Waals surface area contributed by atoms with Crippen LogP contribution in [0.25, 0.3) is 28.3 Å². The van der Waals surface area contributed by atoms with Gasteiger partial charge in [0, 0.05) is 24.2 Å². The molecule has 4 nitrogen and oxygen atoms in total. The average molecular weight is 395 g/mol. The molecule has 1 aromatic carbocycles. The third-order valence-electron chi connectivity index (χ3n) is 4.44. The molecular weight excluding hydrogens is 383 g/mol. The average Bonchev–Trinajstić information content (AvgIpc) is 3.21. The Morgan fingerprint density at radius 1 is 1.04 bits per heavy atom. The van der Waals surface area contributed by atoms with Gasteiger partial charge in [0.1, 0.15) is 10.4 Å². The number of nitrogens with zero attached hydrogens (tertiary/aromatic N) is 4. The van der Waals surface area contributed by atoms with E-state index in [0.29, 0.717) is 6.54 Å². The van der Waals surface area contributed by atoms with Gasteiger partial charge in [-0.05, 0) is 51.8 Å². The minimum absolute atomic E-state index is 0.233. The van der Waals surface area contributed by atoms with Gasteiger partial charge in [0.2, 0.25) is 0 Å². The van der Waals surface area contributed by atoms with Crippen LogP contribution in [0.5, 0.6) is 0 Å². The van der Waals surface area contributed by atoms with Crippen molar-refractivity contribution >= 4 is 15.9 Å². The van der Waals surface area contributed by atoms with Crippen molar-refractivity contribution in [2.45, 2.75) is 6.54 Å². The minimum atomic E-state index is -0.233. The molecule has 1 aliphatic rings. The molecule has 0 bridgehead atoms. The highest BCUT2D eigenvalue weighted by molar-refractivity contribution is 9.10. The Hall–Kier alpha value is -2.73. The number of hydrogen-bond acceptors (Lipinski definition) is 2. The van der Waals surface area contributed by atoms with Gasteiger partial charge in [-0.3, -0.25) is 4.57 Å². The maximum atomic E-state index is 13.2. The van der Waals surface area contributed by atoms with E-state index in [0.717, 1.165) is 38.6 Å². The van der Waals surface area contributed by atoms with Crippen LogP contribution in [0, 0.1) is 5.82 Å². The number of imidazole rings is 1. The third-order valence-corrected chi connectivity index (χ3v) is 4.88. The predicted octanol–water partition coefficient (Wildman–Crippen LogP) is 4.67. The lowest BCUT2D eigenvalue weighted by atomic mass is 10.1. The van der Waals surface area contributed by atoms with Gasteiger partial charge in [-0.25, -0.2) is 14.4 Å². The first kappa shape index (κ1) is 14.6. The fraction of sp³-hybridized carbons (Fsp3) is 0.0526. The van der Waals surface area contributed by atoms with E-state index in [4.69, 9.17) is 0 Å². The maximum absolute atomic E-state index is 13.2. The molecule has 122 valence electrons.